The summed E-state index contributed by atoms with van der Waals surface area (Å²) in [5.41, 5.74) is 2.38. The summed E-state index contributed by atoms with van der Waals surface area (Å²) in [4.78, 5) is 6.52. The standard InChI is InChI=1S/C15H23N3/c1-6-9-18(5)12-14-8-7-13(10-16-14)11-17-15(2,3)4/h1,7-8,10,17H,9,11-12H2,2-5H3. The molecule has 0 bridgehead atoms. The predicted octanol–water partition coefficient (Wildman–Crippen LogP) is 2.03. The molecule has 0 atom stereocenters. The summed E-state index contributed by atoms with van der Waals surface area (Å²) in [6, 6.07) is 4.18. The van der Waals surface area contributed by atoms with E-state index in [0.717, 1.165) is 18.8 Å². The zero-order valence-corrected chi connectivity index (χ0v) is 11.8. The Kier molecular flexibility index (Phi) is 5.33. The van der Waals surface area contributed by atoms with Crippen molar-refractivity contribution in [1.82, 2.24) is 15.2 Å². The first-order chi connectivity index (χ1) is 8.40. The van der Waals surface area contributed by atoms with Crippen molar-refractivity contribution in [2.24, 2.45) is 0 Å². The summed E-state index contributed by atoms with van der Waals surface area (Å²) in [5, 5.41) is 3.44. The second kappa shape index (κ2) is 6.53. The molecule has 0 fully saturated rings. The Labute approximate surface area is 111 Å². The summed E-state index contributed by atoms with van der Waals surface area (Å²) in [7, 11) is 2.00. The minimum atomic E-state index is 0.131. The largest absolute Gasteiger partial charge is 0.308 e. The van der Waals surface area contributed by atoms with Crippen LogP contribution in [0.2, 0.25) is 0 Å². The van der Waals surface area contributed by atoms with E-state index in [-0.39, 0.29) is 5.54 Å². The van der Waals surface area contributed by atoms with Crippen LogP contribution in [0.4, 0.5) is 0 Å². The molecule has 0 saturated heterocycles. The Morgan fingerprint density at radius 1 is 1.39 bits per heavy atom. The maximum Gasteiger partial charge on any atom is 0.0599 e. The molecule has 1 heterocycles. The molecule has 1 rings (SSSR count). The SMILES string of the molecule is C#CCN(C)Cc1ccc(CNC(C)(C)C)cn1. The van der Waals surface area contributed by atoms with Crippen LogP contribution in [0.15, 0.2) is 18.3 Å². The highest BCUT2D eigenvalue weighted by molar-refractivity contribution is 5.14. The first-order valence-corrected chi connectivity index (χ1v) is 6.21. The lowest BCUT2D eigenvalue weighted by Crippen LogP contribution is -2.35. The highest BCUT2D eigenvalue weighted by Crippen LogP contribution is 2.05. The van der Waals surface area contributed by atoms with E-state index in [2.05, 4.69) is 54.0 Å². The third-order valence-corrected chi connectivity index (χ3v) is 2.50. The van der Waals surface area contributed by atoms with Crippen LogP contribution in [0.1, 0.15) is 32.0 Å². The van der Waals surface area contributed by atoms with Gasteiger partial charge in [-0.2, -0.15) is 0 Å². The maximum absolute atomic E-state index is 5.27. The van der Waals surface area contributed by atoms with Gasteiger partial charge in [0, 0.05) is 24.8 Å². The summed E-state index contributed by atoms with van der Waals surface area (Å²) >= 11 is 0. The number of nitrogens with one attached hydrogen (secondary N) is 1. The normalized spacial score (nSPS) is 11.6. The number of terminal acetylenes is 1. The van der Waals surface area contributed by atoms with Crippen molar-refractivity contribution in [3.8, 4) is 12.3 Å². The number of nitrogens with zero attached hydrogens (tertiary/aromatic N) is 2. The third kappa shape index (κ3) is 5.81. The molecule has 3 heteroatoms. The highest BCUT2D eigenvalue weighted by atomic mass is 15.1. The Hall–Kier alpha value is -1.37. The molecule has 1 N–H and O–H groups in total. The molecule has 0 radical (unpaired) electrons. The van der Waals surface area contributed by atoms with E-state index in [1.165, 1.54) is 5.56 Å². The molecule has 0 aliphatic heterocycles. The van der Waals surface area contributed by atoms with Gasteiger partial charge in [-0.15, -0.1) is 6.42 Å². The maximum atomic E-state index is 5.27. The number of pyridine rings is 1. The lowest BCUT2D eigenvalue weighted by Gasteiger charge is -2.20. The monoisotopic (exact) mass is 245 g/mol. The highest BCUT2D eigenvalue weighted by Gasteiger charge is 2.08. The van der Waals surface area contributed by atoms with Crippen LogP contribution in [-0.4, -0.2) is 29.0 Å². The minimum Gasteiger partial charge on any atom is -0.308 e. The van der Waals surface area contributed by atoms with Crippen molar-refractivity contribution in [3.05, 3.63) is 29.6 Å². The predicted molar refractivity (Wildman–Crippen MR) is 76.0 cm³/mol. The zero-order chi connectivity index (χ0) is 13.6. The molecule has 3 nitrogen and oxygen atoms in total. The van der Waals surface area contributed by atoms with Crippen molar-refractivity contribution in [1.29, 1.82) is 0 Å². The number of hydrogen-bond donors (Lipinski definition) is 1. The van der Waals surface area contributed by atoms with Crippen molar-refractivity contribution in [2.45, 2.75) is 39.4 Å². The van der Waals surface area contributed by atoms with Gasteiger partial charge in [-0.25, -0.2) is 0 Å². The van der Waals surface area contributed by atoms with Gasteiger partial charge in [-0.1, -0.05) is 12.0 Å². The van der Waals surface area contributed by atoms with Gasteiger partial charge < -0.3 is 5.32 Å². The summed E-state index contributed by atoms with van der Waals surface area (Å²) in [6.07, 6.45) is 7.20. The number of rotatable bonds is 5. The Morgan fingerprint density at radius 3 is 2.61 bits per heavy atom. The molecule has 0 aromatic carbocycles. The van der Waals surface area contributed by atoms with Crippen LogP contribution in [0.3, 0.4) is 0 Å². The van der Waals surface area contributed by atoms with E-state index < -0.39 is 0 Å². The molecule has 1 aromatic heterocycles. The lowest BCUT2D eigenvalue weighted by molar-refractivity contribution is 0.364. The van der Waals surface area contributed by atoms with Gasteiger partial charge in [0.2, 0.25) is 0 Å². The fourth-order valence-corrected chi connectivity index (χ4v) is 1.51. The van der Waals surface area contributed by atoms with E-state index in [1.807, 2.05) is 13.2 Å². The van der Waals surface area contributed by atoms with Crippen molar-refractivity contribution >= 4 is 0 Å². The zero-order valence-electron chi connectivity index (χ0n) is 11.8. The minimum absolute atomic E-state index is 0.131. The van der Waals surface area contributed by atoms with Crippen molar-refractivity contribution in [2.75, 3.05) is 13.6 Å². The topological polar surface area (TPSA) is 28.2 Å². The van der Waals surface area contributed by atoms with Gasteiger partial charge in [0.1, 0.15) is 0 Å². The molecular formula is C15H23N3. The molecule has 18 heavy (non-hydrogen) atoms. The summed E-state index contributed by atoms with van der Waals surface area (Å²) in [6.45, 7) is 8.75. The summed E-state index contributed by atoms with van der Waals surface area (Å²) < 4.78 is 0. The third-order valence-electron chi connectivity index (χ3n) is 2.50. The van der Waals surface area contributed by atoms with Gasteiger partial charge in [0.15, 0.2) is 0 Å². The van der Waals surface area contributed by atoms with Crippen molar-refractivity contribution in [3.63, 3.8) is 0 Å². The fourth-order valence-electron chi connectivity index (χ4n) is 1.51. The molecular weight excluding hydrogens is 222 g/mol. The summed E-state index contributed by atoms with van der Waals surface area (Å²) in [5.74, 6) is 2.62. The Bertz CT molecular complexity index is 395. The Balaban J connectivity index is 2.50. The Morgan fingerprint density at radius 2 is 2.11 bits per heavy atom. The van der Waals surface area contributed by atoms with Gasteiger partial charge in [-0.05, 0) is 39.4 Å². The molecule has 0 spiro atoms. The van der Waals surface area contributed by atoms with E-state index in [1.54, 1.807) is 0 Å². The lowest BCUT2D eigenvalue weighted by atomic mass is 10.1. The smallest absolute Gasteiger partial charge is 0.0599 e. The first-order valence-electron chi connectivity index (χ1n) is 6.21. The van der Waals surface area contributed by atoms with Crippen LogP contribution < -0.4 is 5.32 Å². The van der Waals surface area contributed by atoms with Gasteiger partial charge in [0.05, 0.1) is 12.2 Å². The van der Waals surface area contributed by atoms with Crippen molar-refractivity contribution < 1.29 is 0 Å². The van der Waals surface area contributed by atoms with E-state index in [4.69, 9.17) is 6.42 Å². The van der Waals surface area contributed by atoms with E-state index in [9.17, 15) is 0 Å². The molecule has 0 saturated carbocycles. The molecule has 0 aliphatic carbocycles. The second-order valence-corrected chi connectivity index (χ2v) is 5.64. The quantitative estimate of drug-likeness (QED) is 0.805. The van der Waals surface area contributed by atoms with Gasteiger partial charge in [-0.3, -0.25) is 9.88 Å². The van der Waals surface area contributed by atoms with E-state index >= 15 is 0 Å². The van der Waals surface area contributed by atoms with Crippen LogP contribution in [0, 0.1) is 12.3 Å². The van der Waals surface area contributed by atoms with Crippen LogP contribution >= 0.6 is 0 Å². The van der Waals surface area contributed by atoms with Crippen LogP contribution in [0.25, 0.3) is 0 Å². The molecule has 0 amide bonds. The van der Waals surface area contributed by atoms with Crippen LogP contribution in [-0.2, 0) is 13.1 Å². The van der Waals surface area contributed by atoms with E-state index in [0.29, 0.717) is 6.54 Å². The molecule has 0 aliphatic rings. The number of aromatic nitrogens is 1. The second-order valence-electron chi connectivity index (χ2n) is 5.64. The van der Waals surface area contributed by atoms with Gasteiger partial charge in [0.25, 0.3) is 0 Å². The molecule has 0 unspecified atom stereocenters. The molecule has 1 aromatic rings. The van der Waals surface area contributed by atoms with Gasteiger partial charge >= 0.3 is 0 Å². The molecule has 98 valence electrons. The van der Waals surface area contributed by atoms with Crippen LogP contribution in [0.5, 0.6) is 0 Å². The first kappa shape index (κ1) is 14.7. The number of hydrogen-bond acceptors (Lipinski definition) is 3. The average Bonchev–Trinajstić information content (AvgIpc) is 2.27. The fraction of sp³-hybridized carbons (Fsp3) is 0.533. The average molecular weight is 245 g/mol.